The number of carbonyl (C=O) groups is 1. The molecule has 2 aromatic carbocycles. The van der Waals surface area contributed by atoms with Crippen molar-refractivity contribution in [1.29, 1.82) is 0 Å². The maximum absolute atomic E-state index is 12.8. The van der Waals surface area contributed by atoms with Crippen molar-refractivity contribution in [2.24, 2.45) is 0 Å². The van der Waals surface area contributed by atoms with Gasteiger partial charge in [0.25, 0.3) is 0 Å². The van der Waals surface area contributed by atoms with Gasteiger partial charge in [-0.1, -0.05) is 23.7 Å². The molecule has 5 nitrogen and oxygen atoms in total. The van der Waals surface area contributed by atoms with Crippen LogP contribution in [0.4, 0.5) is 0 Å². The molecule has 1 amide bonds. The van der Waals surface area contributed by atoms with Crippen molar-refractivity contribution in [2.75, 3.05) is 7.05 Å². The fourth-order valence-electron chi connectivity index (χ4n) is 2.72. The maximum Gasteiger partial charge on any atom is 0.236 e. The number of amides is 1. The Balaban J connectivity index is 1.65. The molecule has 0 aliphatic carbocycles. The largest absolute Gasteiger partial charge is 0.338 e. The summed E-state index contributed by atoms with van der Waals surface area (Å²) < 4.78 is 1.70. The van der Waals surface area contributed by atoms with Gasteiger partial charge in [-0.05, 0) is 55.8 Å². The van der Waals surface area contributed by atoms with Crippen molar-refractivity contribution in [3.8, 4) is 5.69 Å². The van der Waals surface area contributed by atoms with Gasteiger partial charge in [-0.25, -0.2) is 9.67 Å². The minimum atomic E-state index is -0.187. The predicted molar refractivity (Wildman–Crippen MR) is 109 cm³/mol. The Bertz CT molecular complexity index is 881. The van der Waals surface area contributed by atoms with Crippen molar-refractivity contribution in [2.45, 2.75) is 30.0 Å². The van der Waals surface area contributed by atoms with Crippen LogP contribution < -0.4 is 0 Å². The van der Waals surface area contributed by atoms with Gasteiger partial charge in [0.15, 0.2) is 0 Å². The predicted octanol–water partition coefficient (Wildman–Crippen LogP) is 4.62. The van der Waals surface area contributed by atoms with Crippen LogP contribution >= 0.6 is 23.4 Å². The lowest BCUT2D eigenvalue weighted by Gasteiger charge is -2.28. The van der Waals surface area contributed by atoms with Crippen molar-refractivity contribution in [1.82, 2.24) is 19.7 Å². The van der Waals surface area contributed by atoms with E-state index in [1.165, 1.54) is 18.1 Å². The number of halogens is 1. The van der Waals surface area contributed by atoms with E-state index in [1.807, 2.05) is 69.4 Å². The summed E-state index contributed by atoms with van der Waals surface area (Å²) in [5, 5.41) is 4.63. The number of benzene rings is 2. The van der Waals surface area contributed by atoms with Gasteiger partial charge in [0.2, 0.25) is 5.91 Å². The fourth-order valence-corrected chi connectivity index (χ4v) is 3.81. The second-order valence-electron chi connectivity index (χ2n) is 6.27. The molecule has 0 saturated heterocycles. The Morgan fingerprint density at radius 1 is 1.11 bits per heavy atom. The summed E-state index contributed by atoms with van der Waals surface area (Å²) in [7, 11) is 1.84. The Labute approximate surface area is 168 Å². The highest BCUT2D eigenvalue weighted by atomic mass is 35.5. The van der Waals surface area contributed by atoms with E-state index >= 15 is 0 Å². The van der Waals surface area contributed by atoms with E-state index < -0.39 is 0 Å². The molecule has 2 unspecified atom stereocenters. The van der Waals surface area contributed by atoms with Crippen LogP contribution in [0.1, 0.15) is 25.5 Å². The van der Waals surface area contributed by atoms with E-state index in [2.05, 4.69) is 10.1 Å². The number of aromatic nitrogens is 3. The second-order valence-corrected chi connectivity index (χ2v) is 8.12. The summed E-state index contributed by atoms with van der Waals surface area (Å²) in [5.74, 6) is 0.0859. The van der Waals surface area contributed by atoms with Crippen LogP contribution in [0.5, 0.6) is 0 Å². The topological polar surface area (TPSA) is 51.0 Å². The summed E-state index contributed by atoms with van der Waals surface area (Å²) in [6.07, 6.45) is 3.16. The van der Waals surface area contributed by atoms with Crippen LogP contribution in [0.25, 0.3) is 5.69 Å². The highest BCUT2D eigenvalue weighted by molar-refractivity contribution is 8.00. The standard InChI is InChI=1S/C20H21ClN4OS/c1-14(16-4-8-18(9-5-16)25-13-22-12-23-25)24(3)20(26)15(2)27-19-10-6-17(21)7-11-19/h4-15H,1-3H3. The molecule has 0 fully saturated rings. The van der Waals surface area contributed by atoms with E-state index in [1.54, 1.807) is 15.9 Å². The quantitative estimate of drug-likeness (QED) is 0.566. The first-order valence-electron chi connectivity index (χ1n) is 8.59. The molecule has 3 aromatic rings. The minimum absolute atomic E-state index is 0.0319. The molecule has 27 heavy (non-hydrogen) atoms. The highest BCUT2D eigenvalue weighted by Gasteiger charge is 2.23. The monoisotopic (exact) mass is 400 g/mol. The van der Waals surface area contributed by atoms with E-state index in [0.717, 1.165) is 16.1 Å². The van der Waals surface area contributed by atoms with Gasteiger partial charge in [-0.2, -0.15) is 5.10 Å². The van der Waals surface area contributed by atoms with Crippen LogP contribution in [0, 0.1) is 0 Å². The third-order valence-corrected chi connectivity index (χ3v) is 5.81. The normalized spacial score (nSPS) is 13.2. The lowest BCUT2D eigenvalue weighted by atomic mass is 10.1. The molecule has 3 rings (SSSR count). The molecular weight excluding hydrogens is 380 g/mol. The zero-order valence-electron chi connectivity index (χ0n) is 15.4. The SMILES string of the molecule is CC(Sc1ccc(Cl)cc1)C(=O)N(C)C(C)c1ccc(-n2cncn2)cc1. The summed E-state index contributed by atoms with van der Waals surface area (Å²) in [5.41, 5.74) is 2.00. The van der Waals surface area contributed by atoms with Crippen LogP contribution in [0.15, 0.2) is 66.1 Å². The molecule has 0 spiro atoms. The number of rotatable bonds is 6. The third-order valence-electron chi connectivity index (χ3n) is 4.46. The first-order valence-corrected chi connectivity index (χ1v) is 9.85. The Kier molecular flexibility index (Phi) is 6.19. The van der Waals surface area contributed by atoms with Gasteiger partial charge >= 0.3 is 0 Å². The van der Waals surface area contributed by atoms with Gasteiger partial charge in [0.1, 0.15) is 12.7 Å². The first kappa shape index (κ1) is 19.5. The lowest BCUT2D eigenvalue weighted by Crippen LogP contribution is -2.35. The molecule has 0 aliphatic rings. The van der Waals surface area contributed by atoms with Crippen LogP contribution in [-0.2, 0) is 4.79 Å². The van der Waals surface area contributed by atoms with Gasteiger partial charge < -0.3 is 4.90 Å². The lowest BCUT2D eigenvalue weighted by molar-refractivity contribution is -0.130. The summed E-state index contributed by atoms with van der Waals surface area (Å²) in [6.45, 7) is 3.96. The van der Waals surface area contributed by atoms with Crippen LogP contribution in [0.2, 0.25) is 5.02 Å². The van der Waals surface area contributed by atoms with Gasteiger partial charge in [0.05, 0.1) is 17.0 Å². The molecule has 0 radical (unpaired) electrons. The molecule has 1 heterocycles. The first-order chi connectivity index (χ1) is 13.0. The van der Waals surface area contributed by atoms with Crippen LogP contribution in [-0.4, -0.2) is 37.9 Å². The second kappa shape index (κ2) is 8.59. The average molecular weight is 401 g/mol. The molecule has 1 aromatic heterocycles. The zero-order valence-corrected chi connectivity index (χ0v) is 17.0. The molecule has 0 bridgehead atoms. The van der Waals surface area contributed by atoms with E-state index in [-0.39, 0.29) is 17.2 Å². The maximum atomic E-state index is 12.8. The fraction of sp³-hybridized carbons (Fsp3) is 0.250. The molecule has 0 saturated carbocycles. The van der Waals surface area contributed by atoms with Gasteiger partial charge in [0, 0.05) is 17.0 Å². The number of thioether (sulfide) groups is 1. The molecule has 0 N–H and O–H groups in total. The minimum Gasteiger partial charge on any atom is -0.338 e. The number of hydrogen-bond donors (Lipinski definition) is 0. The van der Waals surface area contributed by atoms with Crippen molar-refractivity contribution in [3.05, 3.63) is 71.8 Å². The molecule has 0 aliphatic heterocycles. The summed E-state index contributed by atoms with van der Waals surface area (Å²) in [6, 6.07) is 15.5. The molecular formula is C20H21ClN4OS. The van der Waals surface area contributed by atoms with E-state index in [9.17, 15) is 4.79 Å². The zero-order chi connectivity index (χ0) is 19.4. The smallest absolute Gasteiger partial charge is 0.236 e. The average Bonchev–Trinajstić information content (AvgIpc) is 3.23. The number of carbonyl (C=O) groups excluding carboxylic acids is 1. The third kappa shape index (κ3) is 4.70. The Morgan fingerprint density at radius 3 is 2.37 bits per heavy atom. The van der Waals surface area contributed by atoms with E-state index in [0.29, 0.717) is 5.02 Å². The van der Waals surface area contributed by atoms with Crippen molar-refractivity contribution in [3.63, 3.8) is 0 Å². The Hall–Kier alpha value is -2.31. The number of nitrogens with zero attached hydrogens (tertiary/aromatic N) is 4. The van der Waals surface area contributed by atoms with Crippen molar-refractivity contribution >= 4 is 29.3 Å². The molecule has 7 heteroatoms. The van der Waals surface area contributed by atoms with Gasteiger partial charge in [-0.3, -0.25) is 4.79 Å². The summed E-state index contributed by atoms with van der Waals surface area (Å²) in [4.78, 5) is 19.6. The highest BCUT2D eigenvalue weighted by Crippen LogP contribution is 2.28. The molecule has 2 atom stereocenters. The number of hydrogen-bond acceptors (Lipinski definition) is 4. The van der Waals surface area contributed by atoms with Gasteiger partial charge in [-0.15, -0.1) is 11.8 Å². The van der Waals surface area contributed by atoms with E-state index in [4.69, 9.17) is 11.6 Å². The van der Waals surface area contributed by atoms with Crippen molar-refractivity contribution < 1.29 is 4.79 Å². The molecule has 140 valence electrons. The Morgan fingerprint density at radius 2 is 1.78 bits per heavy atom. The summed E-state index contributed by atoms with van der Waals surface area (Å²) >= 11 is 7.45. The van der Waals surface area contributed by atoms with Crippen LogP contribution in [0.3, 0.4) is 0 Å².